The number of rotatable bonds is 4. The molecule has 0 unspecified atom stereocenters. The van der Waals surface area contributed by atoms with Gasteiger partial charge in [0.1, 0.15) is 5.69 Å². The van der Waals surface area contributed by atoms with Gasteiger partial charge in [-0.15, -0.1) is 0 Å². The first-order valence-electron chi connectivity index (χ1n) is 8.01. The maximum atomic E-state index is 12.4. The lowest BCUT2D eigenvalue weighted by Gasteiger charge is -2.22. The fourth-order valence-corrected chi connectivity index (χ4v) is 3.24. The molecule has 1 heterocycles. The Hall–Kier alpha value is -1.88. The van der Waals surface area contributed by atoms with Gasteiger partial charge in [0.05, 0.1) is 5.69 Å². The third kappa shape index (κ3) is 4.32. The predicted octanol–water partition coefficient (Wildman–Crippen LogP) is 4.65. The Morgan fingerprint density at radius 3 is 2.70 bits per heavy atom. The normalized spacial score (nSPS) is 15.2. The SMILES string of the molecule is O=C(NC1CCCCC1)c1cc(Nc2ccccc2Br)ccn1. The van der Waals surface area contributed by atoms with E-state index in [-0.39, 0.29) is 11.9 Å². The summed E-state index contributed by atoms with van der Waals surface area (Å²) in [6.45, 7) is 0. The monoisotopic (exact) mass is 373 g/mol. The number of halogens is 1. The number of nitrogens with one attached hydrogen (secondary N) is 2. The van der Waals surface area contributed by atoms with Crippen molar-refractivity contribution in [1.82, 2.24) is 10.3 Å². The Bertz CT molecular complexity index is 683. The molecule has 23 heavy (non-hydrogen) atoms. The lowest BCUT2D eigenvalue weighted by Crippen LogP contribution is -2.36. The van der Waals surface area contributed by atoms with Gasteiger partial charge in [-0.3, -0.25) is 9.78 Å². The average Bonchev–Trinajstić information content (AvgIpc) is 2.58. The summed E-state index contributed by atoms with van der Waals surface area (Å²) in [6, 6.07) is 11.8. The molecule has 0 aliphatic heterocycles. The number of benzene rings is 1. The van der Waals surface area contributed by atoms with Crippen LogP contribution in [-0.2, 0) is 0 Å². The van der Waals surface area contributed by atoms with Crippen molar-refractivity contribution in [3.05, 3.63) is 52.8 Å². The van der Waals surface area contributed by atoms with Crippen molar-refractivity contribution >= 4 is 33.2 Å². The smallest absolute Gasteiger partial charge is 0.270 e. The van der Waals surface area contributed by atoms with E-state index in [2.05, 4.69) is 31.5 Å². The average molecular weight is 374 g/mol. The summed E-state index contributed by atoms with van der Waals surface area (Å²) in [6.07, 6.45) is 7.47. The molecule has 0 spiro atoms. The summed E-state index contributed by atoms with van der Waals surface area (Å²) >= 11 is 3.51. The number of anilines is 2. The van der Waals surface area contributed by atoms with Gasteiger partial charge in [0.25, 0.3) is 5.91 Å². The highest BCUT2D eigenvalue weighted by atomic mass is 79.9. The predicted molar refractivity (Wildman–Crippen MR) is 96.0 cm³/mol. The molecule has 2 aromatic rings. The maximum Gasteiger partial charge on any atom is 0.270 e. The van der Waals surface area contributed by atoms with Crippen LogP contribution in [0.5, 0.6) is 0 Å². The van der Waals surface area contributed by atoms with E-state index < -0.39 is 0 Å². The number of amides is 1. The molecule has 1 aliphatic rings. The number of carbonyl (C=O) groups is 1. The highest BCUT2D eigenvalue weighted by Crippen LogP contribution is 2.25. The van der Waals surface area contributed by atoms with Gasteiger partial charge in [0.15, 0.2) is 0 Å². The van der Waals surface area contributed by atoms with Crippen LogP contribution >= 0.6 is 15.9 Å². The molecular weight excluding hydrogens is 354 g/mol. The number of aromatic nitrogens is 1. The Morgan fingerprint density at radius 2 is 1.91 bits per heavy atom. The van der Waals surface area contributed by atoms with E-state index in [4.69, 9.17) is 0 Å². The van der Waals surface area contributed by atoms with Crippen LogP contribution < -0.4 is 10.6 Å². The molecule has 1 amide bonds. The molecule has 1 aliphatic carbocycles. The number of nitrogens with zero attached hydrogens (tertiary/aromatic N) is 1. The van der Waals surface area contributed by atoms with Gasteiger partial charge in [-0.2, -0.15) is 0 Å². The molecule has 4 nitrogen and oxygen atoms in total. The van der Waals surface area contributed by atoms with Crippen molar-refractivity contribution in [1.29, 1.82) is 0 Å². The quantitative estimate of drug-likeness (QED) is 0.819. The Kier molecular flexibility index (Phi) is 5.28. The summed E-state index contributed by atoms with van der Waals surface area (Å²) in [4.78, 5) is 16.6. The molecule has 1 aromatic heterocycles. The molecule has 0 bridgehead atoms. The van der Waals surface area contributed by atoms with Crippen molar-refractivity contribution in [2.75, 3.05) is 5.32 Å². The second-order valence-electron chi connectivity index (χ2n) is 5.84. The highest BCUT2D eigenvalue weighted by Gasteiger charge is 2.17. The van der Waals surface area contributed by atoms with E-state index in [1.807, 2.05) is 30.3 Å². The van der Waals surface area contributed by atoms with E-state index in [1.165, 1.54) is 19.3 Å². The lowest BCUT2D eigenvalue weighted by atomic mass is 9.95. The molecule has 120 valence electrons. The van der Waals surface area contributed by atoms with Gasteiger partial charge in [0.2, 0.25) is 0 Å². The van der Waals surface area contributed by atoms with Crippen LogP contribution in [0.25, 0.3) is 0 Å². The molecule has 2 N–H and O–H groups in total. The van der Waals surface area contributed by atoms with Gasteiger partial charge in [0, 0.05) is 22.4 Å². The third-order valence-corrected chi connectivity index (χ3v) is 4.78. The first-order chi connectivity index (χ1) is 11.2. The molecule has 0 saturated heterocycles. The summed E-state index contributed by atoms with van der Waals surface area (Å²) in [5.41, 5.74) is 2.26. The summed E-state index contributed by atoms with van der Waals surface area (Å²) in [7, 11) is 0. The topological polar surface area (TPSA) is 54.0 Å². The second-order valence-corrected chi connectivity index (χ2v) is 6.70. The summed E-state index contributed by atoms with van der Waals surface area (Å²) in [5, 5.41) is 6.40. The van der Waals surface area contributed by atoms with Crippen molar-refractivity contribution in [3.8, 4) is 0 Å². The third-order valence-electron chi connectivity index (χ3n) is 4.09. The van der Waals surface area contributed by atoms with Crippen molar-refractivity contribution < 1.29 is 4.79 Å². The largest absolute Gasteiger partial charge is 0.354 e. The zero-order valence-electron chi connectivity index (χ0n) is 12.9. The van der Waals surface area contributed by atoms with Crippen LogP contribution in [0.1, 0.15) is 42.6 Å². The molecule has 1 saturated carbocycles. The number of pyridine rings is 1. The van der Waals surface area contributed by atoms with Gasteiger partial charge >= 0.3 is 0 Å². The molecule has 3 rings (SSSR count). The molecule has 0 radical (unpaired) electrons. The standard InChI is InChI=1S/C18H20BrN3O/c19-15-8-4-5-9-16(15)21-14-10-11-20-17(12-14)18(23)22-13-6-2-1-3-7-13/h4-5,8-13H,1-3,6-7H2,(H,20,21)(H,22,23). The Balaban J connectivity index is 1.69. The minimum atomic E-state index is -0.0901. The Morgan fingerprint density at radius 1 is 1.13 bits per heavy atom. The van der Waals surface area contributed by atoms with E-state index in [0.29, 0.717) is 5.69 Å². The molecule has 5 heteroatoms. The van der Waals surface area contributed by atoms with Crippen LogP contribution in [0.3, 0.4) is 0 Å². The number of para-hydroxylation sites is 1. The van der Waals surface area contributed by atoms with E-state index >= 15 is 0 Å². The number of carbonyl (C=O) groups excluding carboxylic acids is 1. The summed E-state index contributed by atoms with van der Waals surface area (Å²) in [5.74, 6) is -0.0901. The van der Waals surface area contributed by atoms with Crippen LogP contribution in [0, 0.1) is 0 Å². The van der Waals surface area contributed by atoms with Crippen molar-refractivity contribution in [2.45, 2.75) is 38.1 Å². The van der Waals surface area contributed by atoms with E-state index in [1.54, 1.807) is 12.3 Å². The molecule has 0 atom stereocenters. The van der Waals surface area contributed by atoms with E-state index in [0.717, 1.165) is 28.7 Å². The fourth-order valence-electron chi connectivity index (χ4n) is 2.86. The minimum Gasteiger partial charge on any atom is -0.354 e. The van der Waals surface area contributed by atoms with Crippen LogP contribution in [0.2, 0.25) is 0 Å². The number of hydrogen-bond acceptors (Lipinski definition) is 3. The van der Waals surface area contributed by atoms with Crippen LogP contribution in [0.4, 0.5) is 11.4 Å². The van der Waals surface area contributed by atoms with E-state index in [9.17, 15) is 4.79 Å². The molecular formula is C18H20BrN3O. The first kappa shape index (κ1) is 16.0. The maximum absolute atomic E-state index is 12.4. The fraction of sp³-hybridized carbons (Fsp3) is 0.333. The number of hydrogen-bond donors (Lipinski definition) is 2. The van der Waals surface area contributed by atoms with Crippen LogP contribution in [0.15, 0.2) is 47.1 Å². The highest BCUT2D eigenvalue weighted by molar-refractivity contribution is 9.10. The van der Waals surface area contributed by atoms with Gasteiger partial charge in [-0.05, 0) is 53.0 Å². The lowest BCUT2D eigenvalue weighted by molar-refractivity contribution is 0.0922. The van der Waals surface area contributed by atoms with Crippen LogP contribution in [-0.4, -0.2) is 16.9 Å². The van der Waals surface area contributed by atoms with Gasteiger partial charge in [-0.25, -0.2) is 0 Å². The Labute approximate surface area is 144 Å². The summed E-state index contributed by atoms with van der Waals surface area (Å²) < 4.78 is 0.977. The van der Waals surface area contributed by atoms with Gasteiger partial charge < -0.3 is 10.6 Å². The molecule has 1 aromatic carbocycles. The second kappa shape index (κ2) is 7.59. The molecule has 1 fully saturated rings. The van der Waals surface area contributed by atoms with Gasteiger partial charge in [-0.1, -0.05) is 31.4 Å². The zero-order valence-corrected chi connectivity index (χ0v) is 14.5. The van der Waals surface area contributed by atoms with Crippen molar-refractivity contribution in [2.24, 2.45) is 0 Å². The zero-order chi connectivity index (χ0) is 16.1. The van der Waals surface area contributed by atoms with Crippen molar-refractivity contribution in [3.63, 3.8) is 0 Å². The first-order valence-corrected chi connectivity index (χ1v) is 8.80. The minimum absolute atomic E-state index is 0.0901.